The number of rotatable bonds is 0. The van der Waals surface area contributed by atoms with E-state index in [4.69, 9.17) is 0 Å². The molecule has 2 rings (SSSR count). The van der Waals surface area contributed by atoms with E-state index in [0.717, 1.165) is 6.54 Å². The van der Waals surface area contributed by atoms with Crippen molar-refractivity contribution in [2.24, 2.45) is 0 Å². The minimum absolute atomic E-state index is 0.401. The summed E-state index contributed by atoms with van der Waals surface area (Å²) in [5.41, 5.74) is 9.82. The van der Waals surface area contributed by atoms with Crippen molar-refractivity contribution in [1.29, 1.82) is 0 Å². The molecule has 0 atom stereocenters. The van der Waals surface area contributed by atoms with Crippen LogP contribution < -0.4 is 16.4 Å². The minimum atomic E-state index is 0.401. The minimum Gasteiger partial charge on any atom is -0.242 e. The lowest BCUT2D eigenvalue weighted by molar-refractivity contribution is 0.267. The first-order chi connectivity index (χ1) is 4.91. The third-order valence-corrected chi connectivity index (χ3v) is 2.65. The molecular formula is C7H15N3. The highest BCUT2D eigenvalue weighted by Gasteiger charge is 2.34. The standard InChI is InChI=1S/C7H15N3/c1-2-4-7(5-3-1)6-8-10-9-7/h8-10H,1-6H2. The fourth-order valence-corrected chi connectivity index (χ4v) is 1.96. The Kier molecular flexibility index (Phi) is 1.64. The van der Waals surface area contributed by atoms with Gasteiger partial charge in [-0.2, -0.15) is 5.53 Å². The molecule has 0 radical (unpaired) electrons. The summed E-state index contributed by atoms with van der Waals surface area (Å²) in [6, 6.07) is 0. The second-order valence-electron chi connectivity index (χ2n) is 3.44. The first-order valence-electron chi connectivity index (χ1n) is 4.16. The first-order valence-corrected chi connectivity index (χ1v) is 4.16. The van der Waals surface area contributed by atoms with E-state index in [9.17, 15) is 0 Å². The second kappa shape index (κ2) is 2.49. The molecule has 0 bridgehead atoms. The van der Waals surface area contributed by atoms with E-state index in [1.54, 1.807) is 0 Å². The third kappa shape index (κ3) is 1.05. The topological polar surface area (TPSA) is 36.1 Å². The maximum absolute atomic E-state index is 3.31. The van der Waals surface area contributed by atoms with Gasteiger partial charge in [0.25, 0.3) is 0 Å². The summed E-state index contributed by atoms with van der Waals surface area (Å²) in [4.78, 5) is 0. The smallest absolute Gasteiger partial charge is 0.0475 e. The summed E-state index contributed by atoms with van der Waals surface area (Å²) >= 11 is 0. The Morgan fingerprint density at radius 2 is 1.80 bits per heavy atom. The van der Waals surface area contributed by atoms with Gasteiger partial charge in [-0.3, -0.25) is 0 Å². The van der Waals surface area contributed by atoms with Gasteiger partial charge in [0.2, 0.25) is 0 Å². The van der Waals surface area contributed by atoms with Crippen molar-refractivity contribution in [3.63, 3.8) is 0 Å². The van der Waals surface area contributed by atoms with Crippen molar-refractivity contribution < 1.29 is 0 Å². The van der Waals surface area contributed by atoms with Gasteiger partial charge in [-0.25, -0.2) is 10.9 Å². The molecule has 58 valence electrons. The van der Waals surface area contributed by atoms with Crippen LogP contribution in [0, 0.1) is 0 Å². The van der Waals surface area contributed by atoms with Crippen molar-refractivity contribution >= 4 is 0 Å². The van der Waals surface area contributed by atoms with Gasteiger partial charge < -0.3 is 0 Å². The maximum Gasteiger partial charge on any atom is 0.0475 e. The second-order valence-corrected chi connectivity index (χ2v) is 3.44. The zero-order chi connectivity index (χ0) is 6.86. The molecule has 1 spiro atoms. The van der Waals surface area contributed by atoms with Crippen molar-refractivity contribution in [2.75, 3.05) is 6.54 Å². The quantitative estimate of drug-likeness (QED) is 0.454. The van der Waals surface area contributed by atoms with Crippen LogP contribution in [0.2, 0.25) is 0 Å². The molecule has 1 saturated carbocycles. The highest BCUT2D eigenvalue weighted by atomic mass is 15.7. The van der Waals surface area contributed by atoms with E-state index in [2.05, 4.69) is 16.4 Å². The number of hydrogen-bond acceptors (Lipinski definition) is 3. The molecule has 1 aliphatic carbocycles. The predicted molar refractivity (Wildman–Crippen MR) is 40.1 cm³/mol. The molecule has 0 aromatic heterocycles. The van der Waals surface area contributed by atoms with Gasteiger partial charge in [0, 0.05) is 12.1 Å². The highest BCUT2D eigenvalue weighted by Crippen LogP contribution is 2.27. The Hall–Kier alpha value is -0.120. The molecule has 1 aliphatic heterocycles. The molecule has 10 heavy (non-hydrogen) atoms. The molecule has 1 heterocycles. The van der Waals surface area contributed by atoms with Crippen molar-refractivity contribution in [1.82, 2.24) is 16.4 Å². The lowest BCUT2D eigenvalue weighted by Crippen LogP contribution is -2.46. The predicted octanol–water partition coefficient (Wildman–Crippen LogP) is 0.302. The Bertz CT molecular complexity index is 110. The van der Waals surface area contributed by atoms with Gasteiger partial charge in [-0.1, -0.05) is 19.3 Å². The van der Waals surface area contributed by atoms with E-state index >= 15 is 0 Å². The molecule has 1 saturated heterocycles. The van der Waals surface area contributed by atoms with Crippen LogP contribution in [-0.4, -0.2) is 12.1 Å². The summed E-state index contributed by atoms with van der Waals surface area (Å²) in [6.07, 6.45) is 6.84. The number of hydrogen-bond donors (Lipinski definition) is 3. The van der Waals surface area contributed by atoms with Gasteiger partial charge in [0.15, 0.2) is 0 Å². The van der Waals surface area contributed by atoms with E-state index in [1.807, 2.05) is 0 Å². The van der Waals surface area contributed by atoms with Crippen LogP contribution in [0.1, 0.15) is 32.1 Å². The van der Waals surface area contributed by atoms with Crippen LogP contribution in [-0.2, 0) is 0 Å². The van der Waals surface area contributed by atoms with Crippen LogP contribution in [0.25, 0.3) is 0 Å². The van der Waals surface area contributed by atoms with Crippen molar-refractivity contribution in [3.8, 4) is 0 Å². The van der Waals surface area contributed by atoms with Crippen LogP contribution in [0.5, 0.6) is 0 Å². The van der Waals surface area contributed by atoms with E-state index in [-0.39, 0.29) is 0 Å². The molecule has 3 nitrogen and oxygen atoms in total. The Morgan fingerprint density at radius 1 is 1.00 bits per heavy atom. The zero-order valence-corrected chi connectivity index (χ0v) is 6.24. The summed E-state index contributed by atoms with van der Waals surface area (Å²) in [6.45, 7) is 1.09. The number of hydrazine groups is 2. The van der Waals surface area contributed by atoms with E-state index in [1.165, 1.54) is 32.1 Å². The van der Waals surface area contributed by atoms with Gasteiger partial charge in [0.05, 0.1) is 0 Å². The molecule has 0 aromatic carbocycles. The Balaban J connectivity index is 1.98. The monoisotopic (exact) mass is 141 g/mol. The van der Waals surface area contributed by atoms with Crippen LogP contribution in [0.15, 0.2) is 0 Å². The SMILES string of the molecule is C1CCC2(CC1)CNNN2. The lowest BCUT2D eigenvalue weighted by atomic mass is 9.83. The summed E-state index contributed by atoms with van der Waals surface area (Å²) in [5.74, 6) is 0. The normalized spacial score (nSPS) is 31.2. The van der Waals surface area contributed by atoms with Gasteiger partial charge in [0.1, 0.15) is 0 Å². The molecule has 0 amide bonds. The molecule has 0 aromatic rings. The van der Waals surface area contributed by atoms with Crippen LogP contribution in [0.4, 0.5) is 0 Å². The maximum atomic E-state index is 3.31. The van der Waals surface area contributed by atoms with E-state index in [0.29, 0.717) is 5.54 Å². The van der Waals surface area contributed by atoms with Gasteiger partial charge in [-0.05, 0) is 12.8 Å². The largest absolute Gasteiger partial charge is 0.242 e. The first kappa shape index (κ1) is 6.58. The summed E-state index contributed by atoms with van der Waals surface area (Å²) in [5, 5.41) is 0. The molecule has 2 fully saturated rings. The average molecular weight is 141 g/mol. The summed E-state index contributed by atoms with van der Waals surface area (Å²) < 4.78 is 0. The van der Waals surface area contributed by atoms with Crippen LogP contribution >= 0.6 is 0 Å². The lowest BCUT2D eigenvalue weighted by Gasteiger charge is -2.31. The Labute approximate surface area is 61.5 Å². The van der Waals surface area contributed by atoms with Gasteiger partial charge in [-0.15, -0.1) is 0 Å². The molecular weight excluding hydrogens is 126 g/mol. The average Bonchev–Trinajstić information content (AvgIpc) is 2.39. The zero-order valence-electron chi connectivity index (χ0n) is 6.24. The van der Waals surface area contributed by atoms with Crippen molar-refractivity contribution in [2.45, 2.75) is 37.6 Å². The fraction of sp³-hybridized carbons (Fsp3) is 1.00. The summed E-state index contributed by atoms with van der Waals surface area (Å²) in [7, 11) is 0. The van der Waals surface area contributed by atoms with Crippen LogP contribution in [0.3, 0.4) is 0 Å². The number of nitrogens with one attached hydrogen (secondary N) is 3. The van der Waals surface area contributed by atoms with E-state index < -0.39 is 0 Å². The molecule has 0 unspecified atom stereocenters. The highest BCUT2D eigenvalue weighted by molar-refractivity contribution is 4.93. The van der Waals surface area contributed by atoms with Crippen molar-refractivity contribution in [3.05, 3.63) is 0 Å². The fourth-order valence-electron chi connectivity index (χ4n) is 1.96. The molecule has 3 heteroatoms. The Morgan fingerprint density at radius 3 is 2.40 bits per heavy atom. The molecule has 3 N–H and O–H groups in total. The molecule has 2 aliphatic rings. The third-order valence-electron chi connectivity index (χ3n) is 2.65. The van der Waals surface area contributed by atoms with Gasteiger partial charge >= 0.3 is 0 Å².